The van der Waals surface area contributed by atoms with Crippen LogP contribution < -0.4 is 0 Å². The van der Waals surface area contributed by atoms with E-state index < -0.39 is 12.0 Å². The van der Waals surface area contributed by atoms with E-state index in [1.807, 2.05) is 0 Å². The molecular formula is C14H14N4O3. The van der Waals surface area contributed by atoms with E-state index >= 15 is 0 Å². The van der Waals surface area contributed by atoms with E-state index in [1.165, 1.54) is 4.90 Å². The van der Waals surface area contributed by atoms with Gasteiger partial charge in [-0.1, -0.05) is 6.07 Å². The first kappa shape index (κ1) is 13.3. The Balaban J connectivity index is 1.88. The molecule has 0 spiro atoms. The van der Waals surface area contributed by atoms with Gasteiger partial charge in [-0.2, -0.15) is 5.10 Å². The first-order valence-corrected chi connectivity index (χ1v) is 6.67. The number of carbonyl (C=O) groups is 2. The van der Waals surface area contributed by atoms with Crippen LogP contribution in [0, 0.1) is 0 Å². The van der Waals surface area contributed by atoms with Gasteiger partial charge in [0.1, 0.15) is 11.7 Å². The van der Waals surface area contributed by atoms with Crippen LogP contribution in [0.5, 0.6) is 0 Å². The van der Waals surface area contributed by atoms with E-state index in [4.69, 9.17) is 5.11 Å². The number of rotatable bonds is 3. The van der Waals surface area contributed by atoms with Crippen LogP contribution in [-0.4, -0.2) is 49.2 Å². The van der Waals surface area contributed by atoms with Gasteiger partial charge < -0.3 is 10.0 Å². The molecule has 1 fully saturated rings. The number of likely N-dealkylation sites (tertiary alicyclic amines) is 1. The topological polar surface area (TPSA) is 88.3 Å². The normalized spacial score (nSPS) is 17.9. The summed E-state index contributed by atoms with van der Waals surface area (Å²) < 4.78 is 1.55. The molecule has 1 atom stereocenters. The summed E-state index contributed by atoms with van der Waals surface area (Å²) in [5.41, 5.74) is 0.233. The SMILES string of the molecule is O=C(O)[C@H]1CCCN1C(=O)c1cccc(-n2cccn2)n1. The Kier molecular flexibility index (Phi) is 3.39. The van der Waals surface area contributed by atoms with E-state index in [0.29, 0.717) is 25.2 Å². The summed E-state index contributed by atoms with van der Waals surface area (Å²) >= 11 is 0. The molecule has 3 rings (SSSR count). The van der Waals surface area contributed by atoms with Crippen LogP contribution in [0.25, 0.3) is 5.82 Å². The number of hydrogen-bond acceptors (Lipinski definition) is 4. The lowest BCUT2D eigenvalue weighted by atomic mass is 10.2. The van der Waals surface area contributed by atoms with Gasteiger partial charge in [0.05, 0.1) is 0 Å². The van der Waals surface area contributed by atoms with Crippen LogP contribution in [0.15, 0.2) is 36.7 Å². The minimum Gasteiger partial charge on any atom is -0.480 e. The lowest BCUT2D eigenvalue weighted by Crippen LogP contribution is -2.40. The molecule has 1 saturated heterocycles. The van der Waals surface area contributed by atoms with Crippen LogP contribution in [0.2, 0.25) is 0 Å². The highest BCUT2D eigenvalue weighted by Gasteiger charge is 2.34. The maximum absolute atomic E-state index is 12.5. The van der Waals surface area contributed by atoms with E-state index in [1.54, 1.807) is 41.3 Å². The van der Waals surface area contributed by atoms with Gasteiger partial charge in [0.15, 0.2) is 5.82 Å². The molecule has 21 heavy (non-hydrogen) atoms. The Morgan fingerprint density at radius 3 is 2.86 bits per heavy atom. The molecule has 7 nitrogen and oxygen atoms in total. The minimum absolute atomic E-state index is 0.233. The van der Waals surface area contributed by atoms with Crippen molar-refractivity contribution in [2.45, 2.75) is 18.9 Å². The number of amides is 1. The smallest absolute Gasteiger partial charge is 0.326 e. The van der Waals surface area contributed by atoms with Crippen molar-refractivity contribution < 1.29 is 14.7 Å². The number of carboxylic acid groups (broad SMARTS) is 1. The van der Waals surface area contributed by atoms with Gasteiger partial charge in [-0.3, -0.25) is 4.79 Å². The monoisotopic (exact) mass is 286 g/mol. The minimum atomic E-state index is -0.968. The zero-order valence-corrected chi connectivity index (χ0v) is 11.2. The predicted molar refractivity (Wildman–Crippen MR) is 73.1 cm³/mol. The molecule has 0 unspecified atom stereocenters. The maximum atomic E-state index is 12.5. The van der Waals surface area contributed by atoms with E-state index in [9.17, 15) is 9.59 Å². The highest BCUT2D eigenvalue weighted by Crippen LogP contribution is 2.20. The molecule has 3 heterocycles. The third-order valence-corrected chi connectivity index (χ3v) is 3.49. The molecule has 0 bridgehead atoms. The van der Waals surface area contributed by atoms with Crippen molar-refractivity contribution in [3.05, 3.63) is 42.4 Å². The van der Waals surface area contributed by atoms with Crippen molar-refractivity contribution in [3.63, 3.8) is 0 Å². The molecule has 108 valence electrons. The fraction of sp³-hybridized carbons (Fsp3) is 0.286. The van der Waals surface area contributed by atoms with Gasteiger partial charge in [0.25, 0.3) is 5.91 Å². The summed E-state index contributed by atoms with van der Waals surface area (Å²) in [4.78, 5) is 29.3. The Morgan fingerprint density at radius 1 is 1.29 bits per heavy atom. The molecule has 2 aromatic rings. The van der Waals surface area contributed by atoms with Gasteiger partial charge in [-0.15, -0.1) is 0 Å². The molecule has 1 N–H and O–H groups in total. The van der Waals surface area contributed by atoms with Crippen LogP contribution in [0.4, 0.5) is 0 Å². The zero-order valence-electron chi connectivity index (χ0n) is 11.2. The second-order valence-corrected chi connectivity index (χ2v) is 4.83. The van der Waals surface area contributed by atoms with Crippen LogP contribution in [0.1, 0.15) is 23.3 Å². The summed E-state index contributed by atoms with van der Waals surface area (Å²) in [5.74, 6) is -0.796. The van der Waals surface area contributed by atoms with Crippen molar-refractivity contribution in [3.8, 4) is 5.82 Å². The summed E-state index contributed by atoms with van der Waals surface area (Å²) in [6.45, 7) is 0.448. The molecule has 0 aliphatic carbocycles. The molecule has 7 heteroatoms. The van der Waals surface area contributed by atoms with E-state index in [-0.39, 0.29) is 11.6 Å². The second kappa shape index (κ2) is 5.35. The lowest BCUT2D eigenvalue weighted by Gasteiger charge is -2.21. The predicted octanol–water partition coefficient (Wildman–Crippen LogP) is 0.957. The zero-order chi connectivity index (χ0) is 14.8. The Morgan fingerprint density at radius 2 is 2.14 bits per heavy atom. The average Bonchev–Trinajstić information content (AvgIpc) is 3.17. The first-order valence-electron chi connectivity index (χ1n) is 6.67. The molecule has 2 aromatic heterocycles. The number of nitrogens with zero attached hydrogens (tertiary/aromatic N) is 4. The van der Waals surface area contributed by atoms with Crippen molar-refractivity contribution >= 4 is 11.9 Å². The van der Waals surface area contributed by atoms with Crippen molar-refractivity contribution in [1.82, 2.24) is 19.7 Å². The number of carboxylic acids is 1. The fourth-order valence-corrected chi connectivity index (χ4v) is 2.49. The number of aliphatic carboxylic acids is 1. The van der Waals surface area contributed by atoms with E-state index in [2.05, 4.69) is 10.1 Å². The summed E-state index contributed by atoms with van der Waals surface area (Å²) in [6, 6.07) is 6.04. The van der Waals surface area contributed by atoms with Crippen molar-refractivity contribution in [1.29, 1.82) is 0 Å². The molecule has 1 amide bonds. The third-order valence-electron chi connectivity index (χ3n) is 3.49. The number of carbonyl (C=O) groups excluding carboxylic acids is 1. The van der Waals surface area contributed by atoms with Crippen LogP contribution in [0.3, 0.4) is 0 Å². The maximum Gasteiger partial charge on any atom is 0.326 e. The molecule has 1 aliphatic rings. The number of aromatic nitrogens is 3. The quantitative estimate of drug-likeness (QED) is 0.907. The molecular weight excluding hydrogens is 272 g/mol. The third kappa shape index (κ3) is 2.49. The summed E-state index contributed by atoms with van der Waals surface area (Å²) in [7, 11) is 0. The Labute approximate surface area is 120 Å². The van der Waals surface area contributed by atoms with Crippen LogP contribution >= 0.6 is 0 Å². The van der Waals surface area contributed by atoms with Gasteiger partial charge in [-0.25, -0.2) is 14.5 Å². The van der Waals surface area contributed by atoms with Gasteiger partial charge in [-0.05, 0) is 31.0 Å². The van der Waals surface area contributed by atoms with Crippen molar-refractivity contribution in [2.24, 2.45) is 0 Å². The average molecular weight is 286 g/mol. The Bertz CT molecular complexity index is 669. The summed E-state index contributed by atoms with van der Waals surface area (Å²) in [5, 5.41) is 13.2. The molecule has 1 aliphatic heterocycles. The first-order chi connectivity index (χ1) is 10.2. The summed E-state index contributed by atoms with van der Waals surface area (Å²) in [6.07, 6.45) is 4.53. The van der Waals surface area contributed by atoms with E-state index in [0.717, 1.165) is 0 Å². The molecule has 0 radical (unpaired) electrons. The van der Waals surface area contributed by atoms with Gasteiger partial charge in [0.2, 0.25) is 0 Å². The highest BCUT2D eigenvalue weighted by atomic mass is 16.4. The van der Waals surface area contributed by atoms with Gasteiger partial charge in [0, 0.05) is 18.9 Å². The number of pyridine rings is 1. The molecule has 0 saturated carbocycles. The van der Waals surface area contributed by atoms with Crippen LogP contribution in [-0.2, 0) is 4.79 Å². The highest BCUT2D eigenvalue weighted by molar-refractivity contribution is 5.95. The van der Waals surface area contributed by atoms with Gasteiger partial charge >= 0.3 is 5.97 Å². The standard InChI is InChI=1S/C14H14N4O3/c19-13(17-8-2-5-11(17)14(20)21)10-4-1-6-12(16-10)18-9-3-7-15-18/h1,3-4,6-7,9,11H,2,5,8H2,(H,20,21)/t11-/m1/s1. The molecule has 0 aromatic carbocycles. The second-order valence-electron chi connectivity index (χ2n) is 4.83. The Hall–Kier alpha value is -2.70. The largest absolute Gasteiger partial charge is 0.480 e. The lowest BCUT2D eigenvalue weighted by molar-refractivity contribution is -0.141. The fourth-order valence-electron chi connectivity index (χ4n) is 2.49. The number of hydrogen-bond donors (Lipinski definition) is 1. The van der Waals surface area contributed by atoms with Crippen molar-refractivity contribution in [2.75, 3.05) is 6.54 Å².